The molecule has 0 N–H and O–H groups in total. The Balaban J connectivity index is 2.06. The third-order valence-electron chi connectivity index (χ3n) is 5.45. The number of hydrogen-bond donors (Lipinski definition) is 0. The highest BCUT2D eigenvalue weighted by molar-refractivity contribution is 9.10. The first-order valence-electron chi connectivity index (χ1n) is 9.98. The maximum Gasteiger partial charge on any atom is 0.243 e. The van der Waals surface area contributed by atoms with E-state index in [4.69, 9.17) is 4.98 Å². The first-order chi connectivity index (χ1) is 13.5. The Hall–Kier alpha value is -2.14. The molecule has 148 valence electrons. The van der Waals surface area contributed by atoms with E-state index in [9.17, 15) is 4.79 Å². The molecule has 1 heterocycles. The van der Waals surface area contributed by atoms with Gasteiger partial charge in [0.05, 0.1) is 11.0 Å². The predicted octanol–water partition coefficient (Wildman–Crippen LogP) is 5.89. The molecule has 0 aliphatic rings. The van der Waals surface area contributed by atoms with Gasteiger partial charge >= 0.3 is 0 Å². The lowest BCUT2D eigenvalue weighted by Crippen LogP contribution is -2.45. The fourth-order valence-electron chi connectivity index (χ4n) is 3.62. The summed E-state index contributed by atoms with van der Waals surface area (Å²) >= 11 is 3.55. The Morgan fingerprint density at radius 3 is 2.39 bits per heavy atom. The highest BCUT2D eigenvalue weighted by atomic mass is 79.9. The number of hydrogen-bond acceptors (Lipinski definition) is 2. The predicted molar refractivity (Wildman–Crippen MR) is 119 cm³/mol. The summed E-state index contributed by atoms with van der Waals surface area (Å²) in [4.78, 5) is 20.3. The van der Waals surface area contributed by atoms with E-state index in [0.717, 1.165) is 39.7 Å². The van der Waals surface area contributed by atoms with Gasteiger partial charge < -0.3 is 9.47 Å². The van der Waals surface area contributed by atoms with Gasteiger partial charge in [-0.1, -0.05) is 54.0 Å². The summed E-state index contributed by atoms with van der Waals surface area (Å²) in [6.07, 6.45) is 1.89. The number of carbonyl (C=O) groups excluding carboxylic acids is 1. The number of aromatic nitrogens is 2. The van der Waals surface area contributed by atoms with Gasteiger partial charge in [-0.3, -0.25) is 4.79 Å². The molecule has 0 fully saturated rings. The second kappa shape index (κ2) is 8.91. The molecule has 5 heteroatoms. The third kappa shape index (κ3) is 4.14. The fourth-order valence-corrected chi connectivity index (χ4v) is 4.02. The summed E-state index contributed by atoms with van der Waals surface area (Å²) in [6, 6.07) is 16.5. The van der Waals surface area contributed by atoms with Crippen LogP contribution in [-0.2, 0) is 11.3 Å². The first kappa shape index (κ1) is 20.6. The van der Waals surface area contributed by atoms with Crippen molar-refractivity contribution in [2.24, 2.45) is 0 Å². The Labute approximate surface area is 175 Å². The van der Waals surface area contributed by atoms with Gasteiger partial charge in [-0.2, -0.15) is 0 Å². The van der Waals surface area contributed by atoms with E-state index in [1.54, 1.807) is 0 Å². The molecule has 2 unspecified atom stereocenters. The molecular formula is C23H28BrN3O. The van der Waals surface area contributed by atoms with E-state index in [1.807, 2.05) is 53.4 Å². The van der Waals surface area contributed by atoms with Crippen molar-refractivity contribution in [2.45, 2.75) is 59.2 Å². The quantitative estimate of drug-likeness (QED) is 0.458. The van der Waals surface area contributed by atoms with E-state index in [1.165, 1.54) is 0 Å². The van der Waals surface area contributed by atoms with Crippen molar-refractivity contribution in [1.82, 2.24) is 14.5 Å². The highest BCUT2D eigenvalue weighted by Crippen LogP contribution is 2.27. The van der Waals surface area contributed by atoms with Crippen molar-refractivity contribution < 1.29 is 4.79 Å². The molecule has 1 amide bonds. The number of carbonyl (C=O) groups is 1. The zero-order valence-electron chi connectivity index (χ0n) is 17.0. The van der Waals surface area contributed by atoms with Gasteiger partial charge in [-0.25, -0.2) is 4.98 Å². The zero-order valence-corrected chi connectivity index (χ0v) is 18.6. The van der Waals surface area contributed by atoms with Crippen LogP contribution in [0.1, 0.15) is 40.5 Å². The van der Waals surface area contributed by atoms with Gasteiger partial charge in [0, 0.05) is 22.1 Å². The molecule has 0 saturated heterocycles. The van der Waals surface area contributed by atoms with Gasteiger partial charge in [0.1, 0.15) is 12.4 Å². The van der Waals surface area contributed by atoms with Gasteiger partial charge in [-0.15, -0.1) is 0 Å². The van der Waals surface area contributed by atoms with Gasteiger partial charge in [0.25, 0.3) is 0 Å². The van der Waals surface area contributed by atoms with E-state index in [2.05, 4.69) is 48.2 Å². The molecule has 0 saturated carbocycles. The van der Waals surface area contributed by atoms with Crippen molar-refractivity contribution in [2.75, 3.05) is 0 Å². The van der Waals surface area contributed by atoms with Crippen LogP contribution in [0.3, 0.4) is 0 Å². The average Bonchev–Trinajstić information content (AvgIpc) is 3.06. The van der Waals surface area contributed by atoms with Crippen molar-refractivity contribution in [1.29, 1.82) is 0 Å². The van der Waals surface area contributed by atoms with E-state index in [-0.39, 0.29) is 24.5 Å². The van der Waals surface area contributed by atoms with Crippen LogP contribution >= 0.6 is 15.9 Å². The average molecular weight is 442 g/mol. The second-order valence-corrected chi connectivity index (χ2v) is 8.25. The Morgan fingerprint density at radius 1 is 1.07 bits per heavy atom. The minimum atomic E-state index is 0.142. The van der Waals surface area contributed by atoms with Gasteiger partial charge in [0.2, 0.25) is 5.91 Å². The summed E-state index contributed by atoms with van der Waals surface area (Å²) in [6.45, 7) is 8.81. The lowest BCUT2D eigenvalue weighted by Gasteiger charge is -2.34. The maximum atomic E-state index is 13.4. The summed E-state index contributed by atoms with van der Waals surface area (Å²) in [5.74, 6) is 0.965. The molecule has 3 aromatic rings. The van der Waals surface area contributed by atoms with E-state index in [0.29, 0.717) is 0 Å². The number of para-hydroxylation sites is 2. The van der Waals surface area contributed by atoms with Gasteiger partial charge in [-0.05, 0) is 51.0 Å². The lowest BCUT2D eigenvalue weighted by molar-refractivity contribution is -0.136. The Bertz CT molecular complexity index is 955. The van der Waals surface area contributed by atoms with E-state index >= 15 is 0 Å². The summed E-state index contributed by atoms with van der Waals surface area (Å²) < 4.78 is 3.05. The smallest absolute Gasteiger partial charge is 0.243 e. The Morgan fingerprint density at radius 2 is 1.75 bits per heavy atom. The van der Waals surface area contributed by atoms with Crippen LogP contribution in [0.5, 0.6) is 0 Å². The van der Waals surface area contributed by atoms with Crippen LogP contribution in [0.2, 0.25) is 0 Å². The molecule has 2 atom stereocenters. The molecule has 2 aromatic carbocycles. The molecule has 4 nitrogen and oxygen atoms in total. The largest absolute Gasteiger partial charge is 0.336 e. The monoisotopic (exact) mass is 441 g/mol. The molecular weight excluding hydrogens is 414 g/mol. The number of halogens is 1. The number of amides is 1. The molecule has 0 aliphatic carbocycles. The molecule has 0 aliphatic heterocycles. The number of rotatable bonds is 7. The molecule has 3 rings (SSSR count). The minimum absolute atomic E-state index is 0.142. The van der Waals surface area contributed by atoms with Crippen molar-refractivity contribution >= 4 is 32.9 Å². The van der Waals surface area contributed by atoms with Crippen LogP contribution in [0.4, 0.5) is 0 Å². The molecule has 28 heavy (non-hydrogen) atoms. The van der Waals surface area contributed by atoms with Crippen LogP contribution in [0.25, 0.3) is 22.4 Å². The molecule has 1 aromatic heterocycles. The highest BCUT2D eigenvalue weighted by Gasteiger charge is 2.25. The Kier molecular flexibility index (Phi) is 6.55. The summed E-state index contributed by atoms with van der Waals surface area (Å²) in [5.41, 5.74) is 2.89. The third-order valence-corrected chi connectivity index (χ3v) is 5.94. The van der Waals surface area contributed by atoms with Crippen LogP contribution in [0, 0.1) is 0 Å². The van der Waals surface area contributed by atoms with Crippen molar-refractivity contribution in [3.8, 4) is 11.4 Å². The minimum Gasteiger partial charge on any atom is -0.336 e. The molecule has 0 spiro atoms. The van der Waals surface area contributed by atoms with Gasteiger partial charge in [0.15, 0.2) is 0 Å². The molecule has 0 bridgehead atoms. The number of nitrogens with zero attached hydrogens (tertiary/aromatic N) is 3. The van der Waals surface area contributed by atoms with Crippen molar-refractivity contribution in [3.63, 3.8) is 0 Å². The SMILES string of the molecule is CCC(C)N(C(=O)Cn1c(-c2cccc(Br)c2)nc2ccccc21)C(C)CC. The summed E-state index contributed by atoms with van der Waals surface area (Å²) in [5, 5.41) is 0. The fraction of sp³-hybridized carbons (Fsp3) is 0.391. The number of imidazole rings is 1. The zero-order chi connectivity index (χ0) is 20.3. The van der Waals surface area contributed by atoms with Crippen LogP contribution < -0.4 is 0 Å². The second-order valence-electron chi connectivity index (χ2n) is 7.34. The molecule has 0 radical (unpaired) electrons. The maximum absolute atomic E-state index is 13.4. The van der Waals surface area contributed by atoms with Crippen LogP contribution in [0.15, 0.2) is 53.0 Å². The summed E-state index contributed by atoms with van der Waals surface area (Å²) in [7, 11) is 0. The van der Waals surface area contributed by atoms with Crippen molar-refractivity contribution in [3.05, 3.63) is 53.0 Å². The standard InChI is InChI=1S/C23H28BrN3O/c1-5-16(3)27(17(4)6-2)22(28)15-26-21-13-8-7-12-20(21)25-23(26)18-10-9-11-19(24)14-18/h7-14,16-17H,5-6,15H2,1-4H3. The lowest BCUT2D eigenvalue weighted by atomic mass is 10.1. The number of benzene rings is 2. The first-order valence-corrected chi connectivity index (χ1v) is 10.8. The van der Waals surface area contributed by atoms with Crippen LogP contribution in [-0.4, -0.2) is 32.4 Å². The topological polar surface area (TPSA) is 38.1 Å². The normalized spacial score (nSPS) is 13.5. The van der Waals surface area contributed by atoms with E-state index < -0.39 is 0 Å². The number of fused-ring (bicyclic) bond motifs is 1.